The minimum Gasteiger partial charge on any atom is -0.463 e. The zero-order valence-electron chi connectivity index (χ0n) is 24.6. The van der Waals surface area contributed by atoms with Gasteiger partial charge in [0.05, 0.1) is 16.8 Å². The number of amides is 1. The van der Waals surface area contributed by atoms with Crippen LogP contribution in [0.25, 0.3) is 6.08 Å². The Morgan fingerprint density at radius 3 is 2.26 bits per heavy atom. The Hall–Kier alpha value is -4.81. The number of halogens is 1. The fourth-order valence-corrected chi connectivity index (χ4v) is 7.79. The Balaban J connectivity index is 1.53. The lowest BCUT2D eigenvalue weighted by atomic mass is 9.93. The normalized spacial score (nSPS) is 22.1. The molecule has 0 radical (unpaired) electrons. The fraction of sp³-hybridized carbons (Fsp3) is 0.242. The van der Waals surface area contributed by atoms with E-state index in [2.05, 4.69) is 11.6 Å². The molecule has 0 N–H and O–H groups in total. The van der Waals surface area contributed by atoms with Crippen LogP contribution in [0.4, 0.5) is 0 Å². The largest absolute Gasteiger partial charge is 0.463 e. The maximum atomic E-state index is 14.2. The highest BCUT2D eigenvalue weighted by Crippen LogP contribution is 2.50. The van der Waals surface area contributed by atoms with Gasteiger partial charge in [-0.05, 0) is 36.3 Å². The summed E-state index contributed by atoms with van der Waals surface area (Å²) in [6.07, 6.45) is 3.01. The minimum absolute atomic E-state index is 0.0227. The molecule has 2 aromatic carbocycles. The molecule has 0 unspecified atom stereocenters. The quantitative estimate of drug-likeness (QED) is 0.0743. The molecule has 13 heteroatoms. The number of hydrogen-bond acceptors (Lipinski definition) is 10. The first kappa shape index (κ1) is 32.6. The molecule has 0 aliphatic carbocycles. The van der Waals surface area contributed by atoms with Crippen molar-refractivity contribution in [3.05, 3.63) is 120 Å². The summed E-state index contributed by atoms with van der Waals surface area (Å²) < 4.78 is 42.5. The van der Waals surface area contributed by atoms with E-state index in [0.29, 0.717) is 11.1 Å². The molecule has 11 nitrogen and oxygen atoms in total. The van der Waals surface area contributed by atoms with Crippen LogP contribution >= 0.6 is 11.6 Å². The number of fused-ring (bicyclic) bond motifs is 1. The number of esters is 3. The van der Waals surface area contributed by atoms with E-state index in [0.717, 1.165) is 4.90 Å². The second kappa shape index (κ2) is 13.3. The summed E-state index contributed by atoms with van der Waals surface area (Å²) in [5.74, 6) is -3.90. The molecular weight excluding hydrogens is 636 g/mol. The van der Waals surface area contributed by atoms with Crippen molar-refractivity contribution in [2.24, 2.45) is 0 Å². The molecule has 1 aromatic heterocycles. The van der Waals surface area contributed by atoms with E-state index in [9.17, 15) is 27.6 Å². The standard InChI is InChI=1S/C33H29ClN2O9S/c1-3-16-43-31(39)23-14-15-35-24(17-23)18-25-29(38)36-28(33(2,20-44-26(37)19-34)46(41,42)30(25)36)32(40)45-27(21-10-6-4-7-11-21)22-12-8-5-9-13-22/h3-15,17-18,27-28,30H,1,16,19-20H2,2H3/b25-18-/t28-,30+,33-/m0/s1. The SMILES string of the molecule is C=CCOC(=O)c1ccnc(/C=C2/C(=O)N3[C@@H](C(=O)OC(c4ccccc4)c4ccccc4)[C@](C)(COC(=O)CCl)S(=O)(=O)[C@H]23)c1. The molecule has 2 aliphatic rings. The van der Waals surface area contributed by atoms with Gasteiger partial charge in [-0.1, -0.05) is 73.3 Å². The molecule has 2 aliphatic heterocycles. The van der Waals surface area contributed by atoms with Gasteiger partial charge in [0.2, 0.25) is 0 Å². The number of sulfone groups is 1. The van der Waals surface area contributed by atoms with Crippen LogP contribution in [0.5, 0.6) is 0 Å². The van der Waals surface area contributed by atoms with Gasteiger partial charge in [-0.3, -0.25) is 14.6 Å². The van der Waals surface area contributed by atoms with E-state index < -0.39 is 68.4 Å². The molecule has 0 spiro atoms. The summed E-state index contributed by atoms with van der Waals surface area (Å²) in [7, 11) is -4.45. The van der Waals surface area contributed by atoms with E-state index >= 15 is 0 Å². The Labute approximate surface area is 270 Å². The molecule has 2 fully saturated rings. The van der Waals surface area contributed by atoms with Crippen molar-refractivity contribution in [2.75, 3.05) is 19.1 Å². The third kappa shape index (κ3) is 5.93. The van der Waals surface area contributed by atoms with Crippen LogP contribution in [0.1, 0.15) is 40.2 Å². The minimum atomic E-state index is -4.45. The Morgan fingerprint density at radius 2 is 1.67 bits per heavy atom. The van der Waals surface area contributed by atoms with Crippen LogP contribution in [-0.2, 0) is 38.4 Å². The van der Waals surface area contributed by atoms with Gasteiger partial charge in [-0.25, -0.2) is 18.0 Å². The molecule has 1 amide bonds. The topological polar surface area (TPSA) is 146 Å². The van der Waals surface area contributed by atoms with Crippen molar-refractivity contribution < 1.29 is 41.8 Å². The lowest BCUT2D eigenvalue weighted by molar-refractivity contribution is -0.162. The molecule has 0 saturated carbocycles. The molecule has 3 heterocycles. The lowest BCUT2D eigenvalue weighted by Gasteiger charge is -2.39. The van der Waals surface area contributed by atoms with E-state index in [1.165, 1.54) is 37.4 Å². The van der Waals surface area contributed by atoms with Gasteiger partial charge in [0, 0.05) is 6.20 Å². The lowest BCUT2D eigenvalue weighted by Crippen LogP contribution is -2.60. The van der Waals surface area contributed by atoms with E-state index in [1.54, 1.807) is 60.7 Å². The van der Waals surface area contributed by atoms with Crippen molar-refractivity contribution in [1.82, 2.24) is 9.88 Å². The summed E-state index contributed by atoms with van der Waals surface area (Å²) in [6, 6.07) is 18.7. The highest BCUT2D eigenvalue weighted by molar-refractivity contribution is 7.94. The number of aromatic nitrogens is 1. The first-order chi connectivity index (χ1) is 22.0. The number of carbonyl (C=O) groups is 4. The maximum Gasteiger partial charge on any atom is 0.338 e. The van der Waals surface area contributed by atoms with Crippen LogP contribution in [0, 0.1) is 0 Å². The number of pyridine rings is 1. The monoisotopic (exact) mass is 664 g/mol. The molecule has 5 rings (SSSR count). The van der Waals surface area contributed by atoms with E-state index in [1.807, 2.05) is 0 Å². The third-order valence-corrected chi connectivity index (χ3v) is 10.7. The molecule has 2 saturated heterocycles. The van der Waals surface area contributed by atoms with Crippen LogP contribution in [0.2, 0.25) is 0 Å². The number of rotatable bonds is 11. The predicted octanol–water partition coefficient (Wildman–Crippen LogP) is 3.65. The smallest absolute Gasteiger partial charge is 0.338 e. The molecule has 3 atom stereocenters. The third-order valence-electron chi connectivity index (χ3n) is 7.74. The summed E-state index contributed by atoms with van der Waals surface area (Å²) >= 11 is 5.59. The van der Waals surface area contributed by atoms with Gasteiger partial charge in [0.15, 0.2) is 27.4 Å². The number of alkyl halides is 1. The number of hydrogen-bond donors (Lipinski definition) is 0. The highest BCUT2D eigenvalue weighted by Gasteiger charge is 2.73. The predicted molar refractivity (Wildman–Crippen MR) is 167 cm³/mol. The van der Waals surface area contributed by atoms with Gasteiger partial charge in [-0.2, -0.15) is 0 Å². The fourth-order valence-electron chi connectivity index (χ4n) is 5.43. The van der Waals surface area contributed by atoms with Crippen molar-refractivity contribution in [1.29, 1.82) is 0 Å². The van der Waals surface area contributed by atoms with E-state index in [-0.39, 0.29) is 23.4 Å². The second-order valence-electron chi connectivity index (χ2n) is 10.7. The van der Waals surface area contributed by atoms with Crippen molar-refractivity contribution >= 4 is 51.3 Å². The van der Waals surface area contributed by atoms with Crippen LogP contribution < -0.4 is 0 Å². The molecule has 238 valence electrons. The molecule has 0 bridgehead atoms. The Kier molecular flexibility index (Phi) is 9.40. The van der Waals surface area contributed by atoms with E-state index in [4.69, 9.17) is 25.8 Å². The van der Waals surface area contributed by atoms with Crippen LogP contribution in [0.15, 0.2) is 97.2 Å². The Bertz CT molecular complexity index is 1780. The number of ether oxygens (including phenoxy) is 3. The average molecular weight is 665 g/mol. The number of benzene rings is 2. The van der Waals surface area contributed by atoms with Crippen LogP contribution in [0.3, 0.4) is 0 Å². The van der Waals surface area contributed by atoms with Gasteiger partial charge in [0.1, 0.15) is 23.8 Å². The zero-order valence-corrected chi connectivity index (χ0v) is 26.1. The van der Waals surface area contributed by atoms with Crippen molar-refractivity contribution in [2.45, 2.75) is 29.2 Å². The average Bonchev–Trinajstić information content (AvgIpc) is 3.24. The first-order valence-electron chi connectivity index (χ1n) is 14.1. The molecule has 46 heavy (non-hydrogen) atoms. The Morgan fingerprint density at radius 1 is 1.04 bits per heavy atom. The zero-order chi connectivity index (χ0) is 33.1. The number of carbonyl (C=O) groups excluding carboxylic acids is 4. The number of β-lactam (4-membered cyclic amide) rings is 1. The second-order valence-corrected chi connectivity index (χ2v) is 13.5. The van der Waals surface area contributed by atoms with Crippen molar-refractivity contribution in [3.8, 4) is 0 Å². The van der Waals surface area contributed by atoms with Crippen molar-refractivity contribution in [3.63, 3.8) is 0 Å². The first-order valence-corrected chi connectivity index (χ1v) is 16.2. The van der Waals surface area contributed by atoms with Gasteiger partial charge >= 0.3 is 17.9 Å². The van der Waals surface area contributed by atoms with Crippen LogP contribution in [-0.4, -0.2) is 77.4 Å². The van der Waals surface area contributed by atoms with Gasteiger partial charge in [-0.15, -0.1) is 11.6 Å². The summed E-state index contributed by atoms with van der Waals surface area (Å²) in [5, 5.41) is -1.58. The summed E-state index contributed by atoms with van der Waals surface area (Å²) in [5.41, 5.74) is 1.28. The summed E-state index contributed by atoms with van der Waals surface area (Å²) in [6.45, 7) is 3.94. The molecular formula is C33H29ClN2O9S. The van der Waals surface area contributed by atoms with Gasteiger partial charge < -0.3 is 19.1 Å². The highest BCUT2D eigenvalue weighted by atomic mass is 35.5. The molecule has 3 aromatic rings. The summed E-state index contributed by atoms with van der Waals surface area (Å²) in [4.78, 5) is 57.2. The van der Waals surface area contributed by atoms with Gasteiger partial charge in [0.25, 0.3) is 5.91 Å². The maximum absolute atomic E-state index is 14.2. The number of nitrogens with zero attached hydrogens (tertiary/aromatic N) is 2.